The van der Waals surface area contributed by atoms with Crippen LogP contribution in [0.15, 0.2) is 18.2 Å². The highest BCUT2D eigenvalue weighted by molar-refractivity contribution is 5.86. The van der Waals surface area contributed by atoms with Crippen molar-refractivity contribution in [2.75, 3.05) is 13.1 Å². The van der Waals surface area contributed by atoms with Crippen LogP contribution in [0.2, 0.25) is 0 Å². The first-order chi connectivity index (χ1) is 17.4. The van der Waals surface area contributed by atoms with Crippen molar-refractivity contribution in [3.63, 3.8) is 0 Å². The molecule has 0 radical (unpaired) electrons. The summed E-state index contributed by atoms with van der Waals surface area (Å²) in [5, 5.41) is 22.2. The van der Waals surface area contributed by atoms with Crippen LogP contribution in [-0.2, 0) is 16.0 Å². The number of nitriles is 1. The van der Waals surface area contributed by atoms with Crippen LogP contribution in [0.1, 0.15) is 76.5 Å². The van der Waals surface area contributed by atoms with E-state index in [2.05, 4.69) is 35.2 Å². The second-order valence-electron chi connectivity index (χ2n) is 10.5. The minimum absolute atomic E-state index is 0.00132. The van der Waals surface area contributed by atoms with Gasteiger partial charge in [-0.15, -0.1) is 0 Å². The molecule has 1 aromatic heterocycles. The number of amides is 2. The van der Waals surface area contributed by atoms with Crippen molar-refractivity contribution in [2.45, 2.75) is 77.7 Å². The fraction of sp³-hybridized carbons (Fsp3) is 0.607. The molecule has 4 atom stereocenters. The molecule has 1 saturated heterocycles. The van der Waals surface area contributed by atoms with Crippen LogP contribution >= 0.6 is 0 Å². The van der Waals surface area contributed by atoms with E-state index >= 15 is 0 Å². The number of aryl methyl sites for hydroxylation is 1. The lowest BCUT2D eigenvalue weighted by atomic mass is 9.90. The summed E-state index contributed by atoms with van der Waals surface area (Å²) in [6, 6.07) is 7.40. The number of nitrogens with zero attached hydrogens (tertiary/aromatic N) is 4. The predicted octanol–water partition coefficient (Wildman–Crippen LogP) is 4.10. The Morgan fingerprint density at radius 1 is 1.14 bits per heavy atom. The largest absolute Gasteiger partial charge is 0.492 e. The maximum absolute atomic E-state index is 12.8. The number of aromatic nitrogens is 2. The van der Waals surface area contributed by atoms with Crippen LogP contribution in [-0.4, -0.2) is 50.9 Å². The molecule has 2 amide bonds. The zero-order valence-corrected chi connectivity index (χ0v) is 21.4. The maximum Gasteiger partial charge on any atom is 0.242 e. The Balaban J connectivity index is 1.19. The number of carbonyl (C=O) groups excluding carboxylic acids is 2. The number of unbranched alkanes of at least 4 members (excludes halogenated alkanes) is 2. The average Bonchev–Trinajstić information content (AvgIpc) is 3.48. The number of carbonyl (C=O) groups is 2. The molecule has 1 saturated carbocycles. The highest BCUT2D eigenvalue weighted by Gasteiger charge is 2.34. The molecule has 1 aromatic carbocycles. The fourth-order valence-corrected chi connectivity index (χ4v) is 5.76. The van der Waals surface area contributed by atoms with Crippen LogP contribution in [0, 0.1) is 29.1 Å². The van der Waals surface area contributed by atoms with Gasteiger partial charge in [-0.25, -0.2) is 9.97 Å². The van der Waals surface area contributed by atoms with E-state index in [4.69, 9.17) is 5.26 Å². The number of likely N-dealkylation sites (tertiary alicyclic amines) is 1. The number of nitrogens with one attached hydrogen (secondary N) is 1. The van der Waals surface area contributed by atoms with Crippen molar-refractivity contribution in [1.82, 2.24) is 20.2 Å². The van der Waals surface area contributed by atoms with Gasteiger partial charge in [0.15, 0.2) is 0 Å². The Bertz CT molecular complexity index is 1140. The molecule has 8 nitrogen and oxygen atoms in total. The topological polar surface area (TPSA) is 119 Å². The first-order valence-corrected chi connectivity index (χ1v) is 13.3. The third-order valence-corrected chi connectivity index (χ3v) is 8.20. The molecule has 8 heteroatoms. The van der Waals surface area contributed by atoms with E-state index in [0.29, 0.717) is 40.5 Å². The SMILES string of the molecule is C[C@@H]1CCN(C(=O)CNC(=O)C2CCC[C@H]2CCCCCc2nc3ccc(C#N)cc3nc2O)[C@@H]1C. The Kier molecular flexibility index (Phi) is 8.40. The van der Waals surface area contributed by atoms with Gasteiger partial charge in [-0.3, -0.25) is 9.59 Å². The lowest BCUT2D eigenvalue weighted by Gasteiger charge is -2.24. The standard InChI is InChI=1S/C28H37N5O3/c1-18-13-14-33(19(18)2)26(34)17-30-27(35)22-9-6-8-21(22)7-4-3-5-10-24-28(36)32-25-15-20(16-29)11-12-23(25)31-24/h11-12,15,18-19,21-22H,3-10,13-14,17H2,1-2H3,(H,30,35)(H,32,36)/t18-,19-,21-,22?/m1/s1. The molecule has 2 heterocycles. The van der Waals surface area contributed by atoms with Crippen molar-refractivity contribution in [3.8, 4) is 11.9 Å². The second-order valence-corrected chi connectivity index (χ2v) is 10.5. The van der Waals surface area contributed by atoms with Gasteiger partial charge in [-0.2, -0.15) is 5.26 Å². The normalized spacial score (nSPS) is 23.6. The van der Waals surface area contributed by atoms with Gasteiger partial charge < -0.3 is 15.3 Å². The molecule has 1 unspecified atom stereocenters. The summed E-state index contributed by atoms with van der Waals surface area (Å²) >= 11 is 0. The zero-order chi connectivity index (χ0) is 25.7. The van der Waals surface area contributed by atoms with E-state index in [1.165, 1.54) is 0 Å². The summed E-state index contributed by atoms with van der Waals surface area (Å²) in [6.45, 7) is 5.15. The van der Waals surface area contributed by atoms with E-state index in [9.17, 15) is 14.7 Å². The Hall–Kier alpha value is -3.21. The monoisotopic (exact) mass is 491 g/mol. The molecule has 1 aliphatic heterocycles. The summed E-state index contributed by atoms with van der Waals surface area (Å²) in [5.74, 6) is 0.869. The number of fused-ring (bicyclic) bond motifs is 1. The predicted molar refractivity (Wildman–Crippen MR) is 137 cm³/mol. The van der Waals surface area contributed by atoms with Gasteiger partial charge in [0, 0.05) is 18.5 Å². The van der Waals surface area contributed by atoms with E-state index in [1.54, 1.807) is 18.2 Å². The van der Waals surface area contributed by atoms with E-state index in [0.717, 1.165) is 57.9 Å². The molecule has 2 fully saturated rings. The summed E-state index contributed by atoms with van der Waals surface area (Å²) < 4.78 is 0. The van der Waals surface area contributed by atoms with Crippen molar-refractivity contribution >= 4 is 22.8 Å². The molecule has 36 heavy (non-hydrogen) atoms. The van der Waals surface area contributed by atoms with Gasteiger partial charge in [0.1, 0.15) is 5.69 Å². The summed E-state index contributed by atoms with van der Waals surface area (Å²) in [5.41, 5.74) is 2.27. The third kappa shape index (κ3) is 5.95. The molecule has 4 rings (SSSR count). The molecule has 0 spiro atoms. The molecule has 2 N–H and O–H groups in total. The summed E-state index contributed by atoms with van der Waals surface area (Å²) in [4.78, 5) is 36.0. The summed E-state index contributed by atoms with van der Waals surface area (Å²) in [6.07, 6.45) is 8.58. The first-order valence-electron chi connectivity index (χ1n) is 13.3. The quantitative estimate of drug-likeness (QED) is 0.510. The van der Waals surface area contributed by atoms with Crippen molar-refractivity contribution in [2.24, 2.45) is 17.8 Å². The molecular weight excluding hydrogens is 454 g/mol. The van der Waals surface area contributed by atoms with Gasteiger partial charge >= 0.3 is 0 Å². The molecule has 0 bridgehead atoms. The van der Waals surface area contributed by atoms with E-state index in [1.807, 2.05) is 4.90 Å². The minimum Gasteiger partial charge on any atom is -0.492 e. The van der Waals surface area contributed by atoms with Crippen LogP contribution in [0.4, 0.5) is 0 Å². The van der Waals surface area contributed by atoms with Gasteiger partial charge in [-0.05, 0) is 75.5 Å². The molecule has 2 aromatic rings. The van der Waals surface area contributed by atoms with Gasteiger partial charge in [-0.1, -0.05) is 26.2 Å². The third-order valence-electron chi connectivity index (χ3n) is 8.20. The number of aromatic hydroxyl groups is 1. The smallest absolute Gasteiger partial charge is 0.242 e. The summed E-state index contributed by atoms with van der Waals surface area (Å²) in [7, 11) is 0. The Labute approximate surface area is 213 Å². The minimum atomic E-state index is -0.0718. The van der Waals surface area contributed by atoms with Crippen molar-refractivity contribution in [3.05, 3.63) is 29.5 Å². The Morgan fingerprint density at radius 2 is 1.97 bits per heavy atom. The zero-order valence-electron chi connectivity index (χ0n) is 21.4. The van der Waals surface area contributed by atoms with Crippen molar-refractivity contribution in [1.29, 1.82) is 5.26 Å². The van der Waals surface area contributed by atoms with Crippen LogP contribution < -0.4 is 5.32 Å². The van der Waals surface area contributed by atoms with E-state index < -0.39 is 0 Å². The number of hydrogen-bond donors (Lipinski definition) is 2. The number of hydrogen-bond acceptors (Lipinski definition) is 6. The first kappa shape index (κ1) is 25.9. The number of rotatable bonds is 9. The molecule has 2 aliphatic rings. The Morgan fingerprint density at radius 3 is 2.72 bits per heavy atom. The molecule has 192 valence electrons. The second kappa shape index (κ2) is 11.7. The lowest BCUT2D eigenvalue weighted by Crippen LogP contribution is -2.44. The molecular formula is C28H37N5O3. The van der Waals surface area contributed by atoms with E-state index in [-0.39, 0.29) is 36.2 Å². The fourth-order valence-electron chi connectivity index (χ4n) is 5.76. The highest BCUT2D eigenvalue weighted by Crippen LogP contribution is 2.35. The average molecular weight is 492 g/mol. The van der Waals surface area contributed by atoms with Crippen molar-refractivity contribution < 1.29 is 14.7 Å². The van der Waals surface area contributed by atoms with Crippen LogP contribution in [0.5, 0.6) is 5.88 Å². The van der Waals surface area contributed by atoms with Crippen LogP contribution in [0.3, 0.4) is 0 Å². The van der Waals surface area contributed by atoms with Gasteiger partial charge in [0.05, 0.1) is 29.2 Å². The molecule has 1 aliphatic carbocycles. The maximum atomic E-state index is 12.8. The van der Waals surface area contributed by atoms with Crippen LogP contribution in [0.25, 0.3) is 11.0 Å². The lowest BCUT2D eigenvalue weighted by molar-refractivity contribution is -0.134. The highest BCUT2D eigenvalue weighted by atomic mass is 16.3. The number of benzene rings is 1. The van der Waals surface area contributed by atoms with Gasteiger partial charge in [0.25, 0.3) is 0 Å². The van der Waals surface area contributed by atoms with Gasteiger partial charge in [0.2, 0.25) is 17.7 Å².